The van der Waals surface area contributed by atoms with Gasteiger partial charge in [-0.1, -0.05) is 78.0 Å². The average Bonchev–Trinajstić information content (AvgIpc) is 3.83. The van der Waals surface area contributed by atoms with E-state index in [1.54, 1.807) is 35.6 Å². The Bertz CT molecular complexity index is 1810. The zero-order chi connectivity index (χ0) is 31.2. The molecule has 9 nitrogen and oxygen atoms in total. The third-order valence-electron chi connectivity index (χ3n) is 7.21. The Hall–Kier alpha value is -4.45. The summed E-state index contributed by atoms with van der Waals surface area (Å²) in [6.45, 7) is 0.153. The van der Waals surface area contributed by atoms with Crippen molar-refractivity contribution >= 4 is 52.2 Å². The number of nitrogens with one attached hydrogen (secondary N) is 1. The molecule has 0 unspecified atom stereocenters. The maximum Gasteiger partial charge on any atom is 0.253 e. The van der Waals surface area contributed by atoms with Crippen LogP contribution >= 0.6 is 34.7 Å². The molecule has 6 rings (SSSR count). The van der Waals surface area contributed by atoms with Crippen LogP contribution in [-0.2, 0) is 22.6 Å². The van der Waals surface area contributed by atoms with E-state index in [4.69, 9.17) is 21.4 Å². The molecule has 228 valence electrons. The normalized spacial score (nSPS) is 14.3. The number of nitrogens with zero attached hydrogens (tertiary/aromatic N) is 5. The highest BCUT2D eigenvalue weighted by atomic mass is 35.5. The smallest absolute Gasteiger partial charge is 0.253 e. The molecule has 1 aliphatic heterocycles. The Balaban J connectivity index is 1.21. The maximum atomic E-state index is 13.8. The standard InChI is InChI=1S/C33H29ClN6O3S2/c1-43-26-14-12-23(13-15-26)28-19-27(29-11-6-16-44-29)38-40(28)32(42)21-45-33-37-36-30(39(33)25-10-5-9-24(34)18-25)20-35-31(41)17-22-7-3-2-4-8-22/h2-16,18,28H,17,19-21H2,1H3,(H,35,41)/t28-/m0/s1. The zero-order valence-corrected chi connectivity index (χ0v) is 26.7. The van der Waals surface area contributed by atoms with Crippen LogP contribution in [0.5, 0.6) is 5.75 Å². The number of rotatable bonds is 11. The molecule has 45 heavy (non-hydrogen) atoms. The van der Waals surface area contributed by atoms with E-state index in [9.17, 15) is 9.59 Å². The number of benzene rings is 3. The lowest BCUT2D eigenvalue weighted by Gasteiger charge is -2.22. The summed E-state index contributed by atoms with van der Waals surface area (Å²) in [6, 6.07) is 28.3. The Labute approximate surface area is 273 Å². The molecule has 1 aliphatic rings. The molecule has 3 heterocycles. The number of aromatic nitrogens is 3. The van der Waals surface area contributed by atoms with Crippen molar-refractivity contribution in [3.8, 4) is 11.4 Å². The minimum absolute atomic E-state index is 0.0763. The molecule has 1 N–H and O–H groups in total. The van der Waals surface area contributed by atoms with Gasteiger partial charge >= 0.3 is 0 Å². The van der Waals surface area contributed by atoms with Gasteiger partial charge in [-0.25, -0.2) is 5.01 Å². The van der Waals surface area contributed by atoms with Crippen molar-refractivity contribution in [1.29, 1.82) is 0 Å². The van der Waals surface area contributed by atoms with E-state index < -0.39 is 0 Å². The van der Waals surface area contributed by atoms with E-state index in [2.05, 4.69) is 15.5 Å². The predicted octanol–water partition coefficient (Wildman–Crippen LogP) is 6.32. The summed E-state index contributed by atoms with van der Waals surface area (Å²) in [5.41, 5.74) is 3.49. The zero-order valence-electron chi connectivity index (χ0n) is 24.3. The predicted molar refractivity (Wildman–Crippen MR) is 177 cm³/mol. The molecule has 0 bridgehead atoms. The van der Waals surface area contributed by atoms with E-state index in [-0.39, 0.29) is 36.6 Å². The van der Waals surface area contributed by atoms with Gasteiger partial charge in [0.15, 0.2) is 11.0 Å². The second-order valence-electron chi connectivity index (χ2n) is 10.2. The first kappa shape index (κ1) is 30.6. The number of carbonyl (C=O) groups excluding carboxylic acids is 2. The summed E-state index contributed by atoms with van der Waals surface area (Å²) in [4.78, 5) is 27.5. The molecule has 5 aromatic rings. The number of hydrogen-bond acceptors (Lipinski definition) is 8. The van der Waals surface area contributed by atoms with Crippen molar-refractivity contribution in [2.45, 2.75) is 30.6 Å². The van der Waals surface area contributed by atoms with Gasteiger partial charge in [-0.3, -0.25) is 14.2 Å². The number of halogens is 1. The highest BCUT2D eigenvalue weighted by molar-refractivity contribution is 7.99. The van der Waals surface area contributed by atoms with Crippen molar-refractivity contribution in [2.24, 2.45) is 5.10 Å². The monoisotopic (exact) mass is 656 g/mol. The lowest BCUT2D eigenvalue weighted by molar-refractivity contribution is -0.130. The van der Waals surface area contributed by atoms with Crippen LogP contribution in [0.4, 0.5) is 0 Å². The van der Waals surface area contributed by atoms with E-state index >= 15 is 0 Å². The van der Waals surface area contributed by atoms with Gasteiger partial charge in [0.25, 0.3) is 5.91 Å². The molecule has 12 heteroatoms. The van der Waals surface area contributed by atoms with Gasteiger partial charge < -0.3 is 10.1 Å². The molecule has 2 aromatic heterocycles. The highest BCUT2D eigenvalue weighted by Crippen LogP contribution is 2.35. The van der Waals surface area contributed by atoms with E-state index in [1.165, 1.54) is 11.8 Å². The fourth-order valence-corrected chi connectivity index (χ4v) is 6.74. The van der Waals surface area contributed by atoms with Gasteiger partial charge in [-0.15, -0.1) is 21.5 Å². The van der Waals surface area contributed by atoms with Gasteiger partial charge in [-0.2, -0.15) is 5.10 Å². The molecule has 1 atom stereocenters. The largest absolute Gasteiger partial charge is 0.497 e. The van der Waals surface area contributed by atoms with Gasteiger partial charge in [0.2, 0.25) is 5.91 Å². The second kappa shape index (κ2) is 14.1. The maximum absolute atomic E-state index is 13.8. The van der Waals surface area contributed by atoms with Crippen molar-refractivity contribution in [3.63, 3.8) is 0 Å². The minimum Gasteiger partial charge on any atom is -0.497 e. The fraction of sp³-hybridized carbons (Fsp3) is 0.182. The van der Waals surface area contributed by atoms with Gasteiger partial charge in [0, 0.05) is 11.4 Å². The lowest BCUT2D eigenvalue weighted by atomic mass is 10.0. The van der Waals surface area contributed by atoms with E-state index in [1.807, 2.05) is 88.8 Å². The molecule has 0 saturated heterocycles. The van der Waals surface area contributed by atoms with Crippen molar-refractivity contribution in [3.05, 3.63) is 123 Å². The van der Waals surface area contributed by atoms with Crippen molar-refractivity contribution in [2.75, 3.05) is 12.9 Å². The number of methoxy groups -OCH3 is 1. The molecule has 0 spiro atoms. The first-order chi connectivity index (χ1) is 22.0. The van der Waals surface area contributed by atoms with Gasteiger partial charge in [0.05, 0.1) is 48.1 Å². The average molecular weight is 657 g/mol. The van der Waals surface area contributed by atoms with Gasteiger partial charge in [0.1, 0.15) is 5.75 Å². The summed E-state index contributed by atoms with van der Waals surface area (Å²) in [7, 11) is 1.63. The highest BCUT2D eigenvalue weighted by Gasteiger charge is 2.33. The second-order valence-corrected chi connectivity index (χ2v) is 12.5. The fourth-order valence-electron chi connectivity index (χ4n) is 5.01. The minimum atomic E-state index is -0.248. The summed E-state index contributed by atoms with van der Waals surface area (Å²) in [5.74, 6) is 1.04. The number of amides is 2. The van der Waals surface area contributed by atoms with E-state index in [0.717, 1.165) is 33.2 Å². The molecule has 0 fully saturated rings. The molecular formula is C33H29ClN6O3S2. The Morgan fingerprint density at radius 1 is 1.02 bits per heavy atom. The van der Waals surface area contributed by atoms with Crippen LogP contribution in [-0.4, -0.2) is 50.2 Å². The number of thiophene rings is 1. The molecule has 0 radical (unpaired) electrons. The SMILES string of the molecule is COc1ccc([C@@H]2CC(c3cccs3)=NN2C(=O)CSc2nnc(CNC(=O)Cc3ccccc3)n2-c2cccc(Cl)c2)cc1. The van der Waals surface area contributed by atoms with Crippen LogP contribution < -0.4 is 10.1 Å². The topological polar surface area (TPSA) is 102 Å². The van der Waals surface area contributed by atoms with Gasteiger partial charge in [-0.05, 0) is 52.9 Å². The summed E-state index contributed by atoms with van der Waals surface area (Å²) >= 11 is 9.19. The van der Waals surface area contributed by atoms with Crippen LogP contribution in [0.1, 0.15) is 34.3 Å². The Morgan fingerprint density at radius 3 is 2.58 bits per heavy atom. The number of hydrogen-bond donors (Lipinski definition) is 1. The lowest BCUT2D eigenvalue weighted by Crippen LogP contribution is -2.28. The van der Waals surface area contributed by atoms with Crippen LogP contribution in [0.25, 0.3) is 5.69 Å². The van der Waals surface area contributed by atoms with E-state index in [0.29, 0.717) is 22.4 Å². The Kier molecular flexibility index (Phi) is 9.58. The van der Waals surface area contributed by atoms with Crippen LogP contribution in [0, 0.1) is 0 Å². The first-order valence-electron chi connectivity index (χ1n) is 14.2. The van der Waals surface area contributed by atoms with Crippen LogP contribution in [0.3, 0.4) is 0 Å². The molecule has 3 aromatic carbocycles. The summed E-state index contributed by atoms with van der Waals surface area (Å²) in [5, 5.41) is 21.1. The van der Waals surface area contributed by atoms with Crippen molar-refractivity contribution in [1.82, 2.24) is 25.1 Å². The number of thioether (sulfide) groups is 1. The van der Waals surface area contributed by atoms with Crippen LogP contribution in [0.15, 0.2) is 107 Å². The third kappa shape index (κ3) is 7.28. The number of carbonyl (C=O) groups is 2. The Morgan fingerprint density at radius 2 is 1.84 bits per heavy atom. The number of ether oxygens (including phenoxy) is 1. The first-order valence-corrected chi connectivity index (χ1v) is 16.4. The molecule has 0 aliphatic carbocycles. The summed E-state index contributed by atoms with van der Waals surface area (Å²) in [6.07, 6.45) is 0.857. The molecule has 2 amide bonds. The van der Waals surface area contributed by atoms with Crippen molar-refractivity contribution < 1.29 is 14.3 Å². The molecular weight excluding hydrogens is 628 g/mol. The summed E-state index contributed by atoms with van der Waals surface area (Å²) < 4.78 is 7.15. The quantitative estimate of drug-likeness (QED) is 0.167. The number of hydrazone groups is 1. The van der Waals surface area contributed by atoms with Crippen LogP contribution in [0.2, 0.25) is 5.02 Å². The molecule has 0 saturated carbocycles. The third-order valence-corrected chi connectivity index (χ3v) is 9.28.